The van der Waals surface area contributed by atoms with Gasteiger partial charge >= 0.3 is 5.97 Å². The number of H-pyrrole nitrogens is 1. The maximum Gasteiger partial charge on any atom is 0.307 e. The second-order valence-electron chi connectivity index (χ2n) is 7.76. The molecule has 0 spiro atoms. The van der Waals surface area contributed by atoms with Gasteiger partial charge in [-0.1, -0.05) is 23.5 Å². The molecule has 4 aromatic rings. The summed E-state index contributed by atoms with van der Waals surface area (Å²) in [7, 11) is -3.83. The third-order valence-corrected chi connectivity index (χ3v) is 8.62. The van der Waals surface area contributed by atoms with E-state index >= 15 is 0 Å². The third kappa shape index (κ3) is 5.33. The number of carboxylic acid groups (broad SMARTS) is 1. The monoisotopic (exact) mass is 481 g/mol. The molecule has 8 heteroatoms. The number of hydrogen-bond acceptors (Lipinski definition) is 4. The van der Waals surface area contributed by atoms with Gasteiger partial charge in [0, 0.05) is 22.7 Å². The van der Waals surface area contributed by atoms with E-state index in [1.807, 2.05) is 25.1 Å². The van der Waals surface area contributed by atoms with E-state index in [-0.39, 0.29) is 16.4 Å². The van der Waals surface area contributed by atoms with E-state index in [1.165, 1.54) is 30.3 Å². The van der Waals surface area contributed by atoms with Crippen LogP contribution in [0.25, 0.3) is 10.9 Å². The Morgan fingerprint density at radius 1 is 1.12 bits per heavy atom. The van der Waals surface area contributed by atoms with Gasteiger partial charge in [-0.3, -0.25) is 4.79 Å². The van der Waals surface area contributed by atoms with Gasteiger partial charge in [-0.2, -0.15) is 0 Å². The highest BCUT2D eigenvalue weighted by Crippen LogP contribution is 2.27. The number of hydrogen-bond donors (Lipinski definition) is 2. The molecule has 0 fully saturated rings. The number of fused-ring (bicyclic) bond motifs is 1. The topological polar surface area (TPSA) is 87.2 Å². The van der Waals surface area contributed by atoms with Crippen LogP contribution in [0.3, 0.4) is 0 Å². The summed E-state index contributed by atoms with van der Waals surface area (Å²) in [6, 6.07) is 14.5. The van der Waals surface area contributed by atoms with Crippen LogP contribution in [0.2, 0.25) is 0 Å². The van der Waals surface area contributed by atoms with Gasteiger partial charge in [-0.15, -0.1) is 11.3 Å². The second-order valence-corrected chi connectivity index (χ2v) is 11.1. The molecule has 2 aromatic heterocycles. The summed E-state index contributed by atoms with van der Waals surface area (Å²) < 4.78 is 39.0. The van der Waals surface area contributed by atoms with Crippen LogP contribution in [0, 0.1) is 30.5 Å². The molecule has 0 aliphatic rings. The molecule has 0 unspecified atom stereocenters. The van der Waals surface area contributed by atoms with E-state index in [2.05, 4.69) is 16.8 Å². The normalized spacial score (nSPS) is 12.3. The first kappa shape index (κ1) is 22.8. The molecule has 0 aliphatic carbocycles. The van der Waals surface area contributed by atoms with Crippen molar-refractivity contribution in [1.29, 1.82) is 0 Å². The van der Waals surface area contributed by atoms with Gasteiger partial charge in [0.25, 0.3) is 0 Å². The molecule has 2 N–H and O–H groups in total. The minimum Gasteiger partial charge on any atom is -0.481 e. The van der Waals surface area contributed by atoms with Gasteiger partial charge in [-0.25, -0.2) is 12.8 Å². The number of benzene rings is 2. The minimum absolute atomic E-state index is 0.0759. The van der Waals surface area contributed by atoms with E-state index in [0.717, 1.165) is 33.4 Å². The highest BCUT2D eigenvalue weighted by atomic mass is 32.2. The van der Waals surface area contributed by atoms with Crippen LogP contribution in [-0.4, -0.2) is 30.2 Å². The predicted molar refractivity (Wildman–Crippen MR) is 127 cm³/mol. The zero-order valence-corrected chi connectivity index (χ0v) is 19.3. The number of aryl methyl sites for hydroxylation is 1. The van der Waals surface area contributed by atoms with Crippen LogP contribution >= 0.6 is 11.3 Å². The molecule has 0 saturated carbocycles. The fourth-order valence-corrected chi connectivity index (χ4v) is 6.31. The predicted octanol–water partition coefficient (Wildman–Crippen LogP) is 4.79. The Balaban J connectivity index is 1.53. The summed E-state index contributed by atoms with van der Waals surface area (Å²) in [5, 5.41) is 10.6. The SMILES string of the molecule is Cc1ccc2[nH]cc(C[C@@H](CS(=O)(=O)c3ccc(C#Cc4ccc(F)cc4)s3)C(=O)O)c2c1. The van der Waals surface area contributed by atoms with Crippen molar-refractivity contribution in [3.8, 4) is 11.8 Å². The molecular weight excluding hydrogens is 461 g/mol. The van der Waals surface area contributed by atoms with Crippen molar-refractivity contribution < 1.29 is 22.7 Å². The van der Waals surface area contributed by atoms with Crippen LogP contribution in [0.5, 0.6) is 0 Å². The van der Waals surface area contributed by atoms with Crippen LogP contribution in [0.4, 0.5) is 4.39 Å². The number of sulfone groups is 1. The first-order valence-corrected chi connectivity index (χ1v) is 12.6. The lowest BCUT2D eigenvalue weighted by atomic mass is 10.00. The zero-order valence-electron chi connectivity index (χ0n) is 17.6. The maximum absolute atomic E-state index is 13.0. The average molecular weight is 482 g/mol. The highest BCUT2D eigenvalue weighted by molar-refractivity contribution is 7.93. The number of rotatable bonds is 6. The van der Waals surface area contributed by atoms with E-state index < -0.39 is 27.5 Å². The number of thiophene rings is 1. The quantitative estimate of drug-likeness (QED) is 0.388. The van der Waals surface area contributed by atoms with E-state index in [0.29, 0.717) is 10.4 Å². The summed E-state index contributed by atoms with van der Waals surface area (Å²) in [5.41, 5.74) is 3.29. The Kier molecular flexibility index (Phi) is 6.36. The van der Waals surface area contributed by atoms with Crippen LogP contribution in [0.15, 0.2) is 65.0 Å². The molecule has 2 aromatic carbocycles. The number of carboxylic acids is 1. The molecular formula is C25H20FNO4S2. The number of halogens is 1. The van der Waals surface area contributed by atoms with Crippen molar-refractivity contribution in [1.82, 2.24) is 4.98 Å². The molecule has 168 valence electrons. The van der Waals surface area contributed by atoms with Gasteiger partial charge in [0.1, 0.15) is 10.0 Å². The van der Waals surface area contributed by atoms with Gasteiger partial charge < -0.3 is 10.1 Å². The Labute approximate surface area is 194 Å². The molecule has 0 saturated heterocycles. The third-order valence-electron chi connectivity index (χ3n) is 5.22. The van der Waals surface area contributed by atoms with E-state index in [4.69, 9.17) is 0 Å². The number of aliphatic carboxylic acids is 1. The van der Waals surface area contributed by atoms with Crippen molar-refractivity contribution in [3.63, 3.8) is 0 Å². The van der Waals surface area contributed by atoms with Crippen molar-refractivity contribution in [2.24, 2.45) is 5.92 Å². The average Bonchev–Trinajstić information content (AvgIpc) is 3.40. The lowest BCUT2D eigenvalue weighted by Crippen LogP contribution is -2.25. The highest BCUT2D eigenvalue weighted by Gasteiger charge is 2.28. The molecule has 5 nitrogen and oxygen atoms in total. The second kappa shape index (κ2) is 9.22. The number of carbonyl (C=O) groups is 1. The smallest absolute Gasteiger partial charge is 0.307 e. The van der Waals surface area contributed by atoms with E-state index in [1.54, 1.807) is 12.3 Å². The molecule has 1 atom stereocenters. The van der Waals surface area contributed by atoms with Crippen LogP contribution < -0.4 is 0 Å². The molecule has 0 amide bonds. The number of aromatic nitrogens is 1. The molecule has 4 rings (SSSR count). The Hall–Kier alpha value is -3.41. The number of nitrogens with one attached hydrogen (secondary N) is 1. The van der Waals surface area contributed by atoms with Crippen LogP contribution in [0.1, 0.15) is 21.6 Å². The van der Waals surface area contributed by atoms with Crippen molar-refractivity contribution in [2.75, 3.05) is 5.75 Å². The Bertz CT molecular complexity index is 1490. The molecule has 0 radical (unpaired) electrons. The van der Waals surface area contributed by atoms with Crippen LogP contribution in [-0.2, 0) is 21.1 Å². The first-order chi connectivity index (χ1) is 15.7. The molecule has 0 aliphatic heterocycles. The fourth-order valence-electron chi connectivity index (χ4n) is 3.51. The summed E-state index contributed by atoms with van der Waals surface area (Å²) >= 11 is 0.994. The molecule has 0 bridgehead atoms. The Morgan fingerprint density at radius 2 is 1.88 bits per heavy atom. The summed E-state index contributed by atoms with van der Waals surface area (Å²) in [6.45, 7) is 1.95. The van der Waals surface area contributed by atoms with Crippen molar-refractivity contribution >= 4 is 38.0 Å². The number of aromatic amines is 1. The van der Waals surface area contributed by atoms with Gasteiger partial charge in [-0.05, 0) is 67.4 Å². The van der Waals surface area contributed by atoms with Gasteiger partial charge in [0.2, 0.25) is 0 Å². The van der Waals surface area contributed by atoms with Crippen molar-refractivity contribution in [3.05, 3.63) is 88.2 Å². The lowest BCUT2D eigenvalue weighted by Gasteiger charge is -2.12. The zero-order chi connectivity index (χ0) is 23.6. The first-order valence-electron chi connectivity index (χ1n) is 10.1. The van der Waals surface area contributed by atoms with Crippen molar-refractivity contribution in [2.45, 2.75) is 17.6 Å². The fraction of sp³-hybridized carbons (Fsp3) is 0.160. The Morgan fingerprint density at radius 3 is 2.61 bits per heavy atom. The standard InChI is InChI=1S/C25H20FNO4S2/c1-16-2-10-23-22(12-16)18(14-27-23)13-19(25(28)29)15-33(30,31)24-11-9-21(32-24)8-5-17-3-6-20(26)7-4-17/h2-4,6-7,9-12,14,19,27H,13,15H2,1H3,(H,28,29)/t19-/m0/s1. The van der Waals surface area contributed by atoms with Gasteiger partial charge in [0.05, 0.1) is 16.5 Å². The lowest BCUT2D eigenvalue weighted by molar-refractivity contribution is -0.140. The van der Waals surface area contributed by atoms with Gasteiger partial charge in [0.15, 0.2) is 9.84 Å². The summed E-state index contributed by atoms with van der Waals surface area (Å²) in [5.74, 6) is 2.62. The van der Waals surface area contributed by atoms with E-state index in [9.17, 15) is 22.7 Å². The minimum atomic E-state index is -3.83. The molecule has 2 heterocycles. The molecule has 33 heavy (non-hydrogen) atoms. The summed E-state index contributed by atoms with van der Waals surface area (Å²) in [6.07, 6.45) is 1.83. The largest absolute Gasteiger partial charge is 0.481 e. The summed E-state index contributed by atoms with van der Waals surface area (Å²) in [4.78, 5) is 15.5. The maximum atomic E-state index is 13.0.